The van der Waals surface area contributed by atoms with Gasteiger partial charge in [-0.05, 0) is 39.0 Å². The smallest absolute Gasteiger partial charge is 0.413 e. The minimum absolute atomic E-state index is 0.403. The Kier molecular flexibility index (Phi) is 3.93. The maximum atomic E-state index is 11.8. The molecular formula is C14H16N4O2. The van der Waals surface area contributed by atoms with Gasteiger partial charge in [0.1, 0.15) is 17.7 Å². The maximum Gasteiger partial charge on any atom is 0.413 e. The molecule has 0 aliphatic heterocycles. The third kappa shape index (κ3) is 3.74. The topological polar surface area (TPSA) is 77.0 Å². The van der Waals surface area contributed by atoms with E-state index in [1.807, 2.05) is 6.07 Å². The molecule has 0 fully saturated rings. The van der Waals surface area contributed by atoms with Crippen LogP contribution < -0.4 is 5.32 Å². The zero-order valence-electron chi connectivity index (χ0n) is 11.6. The molecule has 1 N–H and O–H groups in total. The minimum atomic E-state index is -0.562. The minimum Gasteiger partial charge on any atom is -0.444 e. The fourth-order valence-corrected chi connectivity index (χ4v) is 1.56. The Morgan fingerprint density at radius 3 is 2.65 bits per heavy atom. The first kappa shape index (κ1) is 13.9. The Morgan fingerprint density at radius 1 is 1.20 bits per heavy atom. The monoisotopic (exact) mass is 272 g/mol. The molecule has 0 aliphatic carbocycles. The van der Waals surface area contributed by atoms with Crippen molar-refractivity contribution in [3.05, 3.63) is 36.9 Å². The van der Waals surface area contributed by atoms with Crippen LogP contribution in [0.3, 0.4) is 0 Å². The summed E-state index contributed by atoms with van der Waals surface area (Å²) in [6, 6.07) is 5.34. The van der Waals surface area contributed by atoms with E-state index in [0.29, 0.717) is 17.1 Å². The van der Waals surface area contributed by atoms with E-state index < -0.39 is 11.7 Å². The number of aromatic nitrogens is 3. The predicted molar refractivity (Wildman–Crippen MR) is 75.1 cm³/mol. The summed E-state index contributed by atoms with van der Waals surface area (Å²) in [5.41, 5.74) is 0.827. The van der Waals surface area contributed by atoms with Gasteiger partial charge in [-0.15, -0.1) is 0 Å². The average molecular weight is 272 g/mol. The molecular weight excluding hydrogens is 256 g/mol. The maximum absolute atomic E-state index is 11.8. The molecule has 6 heteroatoms. The number of hydrogen-bond acceptors (Lipinski definition) is 5. The number of hydrogen-bond donors (Lipinski definition) is 1. The lowest BCUT2D eigenvalue weighted by molar-refractivity contribution is 0.0635. The van der Waals surface area contributed by atoms with Crippen LogP contribution in [0.5, 0.6) is 0 Å². The molecule has 0 spiro atoms. The van der Waals surface area contributed by atoms with Crippen molar-refractivity contribution < 1.29 is 9.53 Å². The second-order valence-corrected chi connectivity index (χ2v) is 5.12. The molecule has 0 atom stereocenters. The molecule has 20 heavy (non-hydrogen) atoms. The fourth-order valence-electron chi connectivity index (χ4n) is 1.56. The van der Waals surface area contributed by atoms with Crippen molar-refractivity contribution in [2.24, 2.45) is 0 Å². The first-order valence-corrected chi connectivity index (χ1v) is 6.17. The normalized spacial score (nSPS) is 10.9. The van der Waals surface area contributed by atoms with E-state index in [0.717, 1.165) is 0 Å². The number of nitrogens with zero attached hydrogens (tertiary/aromatic N) is 3. The summed E-state index contributed by atoms with van der Waals surface area (Å²) in [4.78, 5) is 24.0. The van der Waals surface area contributed by atoms with Crippen molar-refractivity contribution in [2.45, 2.75) is 26.4 Å². The summed E-state index contributed by atoms with van der Waals surface area (Å²) in [5.74, 6) is 0.403. The van der Waals surface area contributed by atoms with Crippen molar-refractivity contribution in [3.8, 4) is 11.3 Å². The van der Waals surface area contributed by atoms with Gasteiger partial charge in [-0.25, -0.2) is 19.7 Å². The number of carbonyl (C=O) groups is 1. The molecule has 2 aromatic heterocycles. The van der Waals surface area contributed by atoms with E-state index in [9.17, 15) is 4.79 Å². The molecule has 0 radical (unpaired) electrons. The Hall–Kier alpha value is -2.50. The summed E-state index contributed by atoms with van der Waals surface area (Å²) in [6.07, 6.45) is 4.12. The molecule has 0 saturated heterocycles. The molecule has 2 aromatic rings. The zero-order valence-corrected chi connectivity index (χ0v) is 11.6. The van der Waals surface area contributed by atoms with E-state index in [-0.39, 0.29) is 0 Å². The summed E-state index contributed by atoms with van der Waals surface area (Å²) in [6.45, 7) is 5.41. The molecule has 104 valence electrons. The van der Waals surface area contributed by atoms with Crippen LogP contribution in [-0.4, -0.2) is 26.6 Å². The van der Waals surface area contributed by atoms with Crippen molar-refractivity contribution in [1.82, 2.24) is 15.0 Å². The van der Waals surface area contributed by atoms with Gasteiger partial charge in [0.05, 0.1) is 5.69 Å². The van der Waals surface area contributed by atoms with Crippen LogP contribution in [0, 0.1) is 0 Å². The van der Waals surface area contributed by atoms with Gasteiger partial charge in [0, 0.05) is 18.0 Å². The van der Waals surface area contributed by atoms with Crippen molar-refractivity contribution >= 4 is 11.9 Å². The zero-order chi connectivity index (χ0) is 14.6. The molecule has 0 unspecified atom stereocenters. The SMILES string of the molecule is CC(C)(C)OC(=O)Nc1ncccc1-c1ccncn1. The number of ether oxygens (including phenoxy) is 1. The van der Waals surface area contributed by atoms with Crippen molar-refractivity contribution in [3.63, 3.8) is 0 Å². The Labute approximate surface area is 117 Å². The summed E-state index contributed by atoms with van der Waals surface area (Å²) < 4.78 is 5.21. The third-order valence-corrected chi connectivity index (χ3v) is 2.28. The van der Waals surface area contributed by atoms with Crippen molar-refractivity contribution in [2.75, 3.05) is 5.32 Å². The van der Waals surface area contributed by atoms with Gasteiger partial charge in [0.15, 0.2) is 0 Å². The van der Waals surface area contributed by atoms with E-state index in [4.69, 9.17) is 4.74 Å². The number of nitrogens with one attached hydrogen (secondary N) is 1. The van der Waals surface area contributed by atoms with E-state index >= 15 is 0 Å². The second kappa shape index (κ2) is 5.64. The number of amides is 1. The van der Waals surface area contributed by atoms with Gasteiger partial charge in [-0.2, -0.15) is 0 Å². The highest BCUT2D eigenvalue weighted by atomic mass is 16.6. The van der Waals surface area contributed by atoms with Gasteiger partial charge in [0.25, 0.3) is 0 Å². The third-order valence-electron chi connectivity index (χ3n) is 2.28. The quantitative estimate of drug-likeness (QED) is 0.909. The number of carbonyl (C=O) groups excluding carboxylic acids is 1. The van der Waals surface area contributed by atoms with Crippen LogP contribution in [0.4, 0.5) is 10.6 Å². The van der Waals surface area contributed by atoms with Gasteiger partial charge in [-0.3, -0.25) is 5.32 Å². The van der Waals surface area contributed by atoms with Crippen LogP contribution >= 0.6 is 0 Å². The molecule has 2 heterocycles. The van der Waals surface area contributed by atoms with Gasteiger partial charge < -0.3 is 4.74 Å². The summed E-state index contributed by atoms with van der Waals surface area (Å²) in [5, 5.41) is 2.63. The van der Waals surface area contributed by atoms with Crippen LogP contribution in [0.1, 0.15) is 20.8 Å². The lowest BCUT2D eigenvalue weighted by Gasteiger charge is -2.20. The summed E-state index contributed by atoms with van der Waals surface area (Å²) >= 11 is 0. The standard InChI is InChI=1S/C14H16N4O2/c1-14(2,3)20-13(19)18-12-10(5-4-7-16-12)11-6-8-15-9-17-11/h4-9H,1-3H3,(H,16,18,19). The molecule has 0 bridgehead atoms. The fraction of sp³-hybridized carbons (Fsp3) is 0.286. The van der Waals surface area contributed by atoms with Crippen LogP contribution in [-0.2, 0) is 4.74 Å². The molecule has 0 saturated carbocycles. The largest absolute Gasteiger partial charge is 0.444 e. The lowest BCUT2D eigenvalue weighted by Crippen LogP contribution is -2.27. The first-order chi connectivity index (χ1) is 9.46. The Balaban J connectivity index is 2.23. The highest BCUT2D eigenvalue weighted by Crippen LogP contribution is 2.23. The Morgan fingerprint density at radius 2 is 2.00 bits per heavy atom. The van der Waals surface area contributed by atoms with Crippen LogP contribution in [0.15, 0.2) is 36.9 Å². The highest BCUT2D eigenvalue weighted by molar-refractivity contribution is 5.89. The Bertz CT molecular complexity index is 594. The van der Waals surface area contributed by atoms with Gasteiger partial charge >= 0.3 is 6.09 Å². The molecule has 1 amide bonds. The number of pyridine rings is 1. The second-order valence-electron chi connectivity index (χ2n) is 5.12. The highest BCUT2D eigenvalue weighted by Gasteiger charge is 2.18. The number of rotatable bonds is 2. The van der Waals surface area contributed by atoms with Gasteiger partial charge in [0.2, 0.25) is 0 Å². The van der Waals surface area contributed by atoms with E-state index in [1.54, 1.807) is 45.3 Å². The van der Waals surface area contributed by atoms with E-state index in [1.165, 1.54) is 6.33 Å². The van der Waals surface area contributed by atoms with Gasteiger partial charge in [-0.1, -0.05) is 0 Å². The van der Waals surface area contributed by atoms with Crippen LogP contribution in [0.25, 0.3) is 11.3 Å². The average Bonchev–Trinajstić information content (AvgIpc) is 2.38. The summed E-state index contributed by atoms with van der Waals surface area (Å²) in [7, 11) is 0. The molecule has 0 aliphatic rings. The number of anilines is 1. The van der Waals surface area contributed by atoms with Crippen LogP contribution in [0.2, 0.25) is 0 Å². The molecule has 0 aromatic carbocycles. The van der Waals surface area contributed by atoms with E-state index in [2.05, 4.69) is 20.3 Å². The molecule has 6 nitrogen and oxygen atoms in total. The first-order valence-electron chi connectivity index (χ1n) is 6.17. The lowest BCUT2D eigenvalue weighted by atomic mass is 10.2. The van der Waals surface area contributed by atoms with Crippen molar-refractivity contribution in [1.29, 1.82) is 0 Å². The molecule has 2 rings (SSSR count). The predicted octanol–water partition coefficient (Wildman–Crippen LogP) is 2.89.